The molecule has 0 saturated heterocycles. The van der Waals surface area contributed by atoms with E-state index in [-0.39, 0.29) is 16.3 Å². The first kappa shape index (κ1) is 16.2. The van der Waals surface area contributed by atoms with Crippen LogP contribution in [0.25, 0.3) is 11.0 Å². The molecule has 0 amide bonds. The van der Waals surface area contributed by atoms with Crippen molar-refractivity contribution in [3.63, 3.8) is 0 Å². The minimum absolute atomic E-state index is 0.0964. The molecule has 2 aromatic carbocycles. The topological polar surface area (TPSA) is 73.1 Å². The molecular formula is C15H13F2N3O3S. The van der Waals surface area contributed by atoms with Gasteiger partial charge in [-0.25, -0.2) is 22.0 Å². The van der Waals surface area contributed by atoms with Gasteiger partial charge in [0.2, 0.25) is 0 Å². The molecule has 0 atom stereocenters. The summed E-state index contributed by atoms with van der Waals surface area (Å²) in [5, 5.41) is 0. The fourth-order valence-corrected chi connectivity index (χ4v) is 3.50. The SMILES string of the molecule is Cn1c(=O)n(C)c2cc(S(=O)(=O)Nc3ccc(F)c(F)c3)ccc21. The van der Waals surface area contributed by atoms with Gasteiger partial charge in [-0.2, -0.15) is 0 Å². The van der Waals surface area contributed by atoms with E-state index in [0.717, 1.165) is 18.2 Å². The largest absolute Gasteiger partial charge is 0.328 e. The van der Waals surface area contributed by atoms with Gasteiger partial charge in [-0.05, 0) is 30.3 Å². The summed E-state index contributed by atoms with van der Waals surface area (Å²) < 4.78 is 55.9. The van der Waals surface area contributed by atoms with Crippen molar-refractivity contribution in [1.82, 2.24) is 9.13 Å². The van der Waals surface area contributed by atoms with Crippen LogP contribution in [0.15, 0.2) is 46.1 Å². The Hall–Kier alpha value is -2.68. The maximum absolute atomic E-state index is 13.2. The lowest BCUT2D eigenvalue weighted by atomic mass is 10.3. The smallest absolute Gasteiger partial charge is 0.295 e. The van der Waals surface area contributed by atoms with Crippen molar-refractivity contribution in [1.29, 1.82) is 0 Å². The molecule has 1 heterocycles. The van der Waals surface area contributed by atoms with Crippen LogP contribution in [-0.4, -0.2) is 17.6 Å². The number of nitrogens with zero attached hydrogens (tertiary/aromatic N) is 2. The Morgan fingerprint density at radius 3 is 2.25 bits per heavy atom. The van der Waals surface area contributed by atoms with Crippen LogP contribution < -0.4 is 10.4 Å². The molecular weight excluding hydrogens is 340 g/mol. The average molecular weight is 353 g/mol. The molecule has 6 nitrogen and oxygen atoms in total. The van der Waals surface area contributed by atoms with Crippen LogP contribution >= 0.6 is 0 Å². The summed E-state index contributed by atoms with van der Waals surface area (Å²) in [5.41, 5.74) is 0.633. The van der Waals surface area contributed by atoms with Gasteiger partial charge in [0.05, 0.1) is 21.6 Å². The van der Waals surface area contributed by atoms with Gasteiger partial charge in [-0.15, -0.1) is 0 Å². The number of halogens is 2. The molecule has 0 spiro atoms. The van der Waals surface area contributed by atoms with E-state index in [1.807, 2.05) is 0 Å². The second kappa shape index (κ2) is 5.45. The van der Waals surface area contributed by atoms with Crippen molar-refractivity contribution >= 4 is 26.7 Å². The summed E-state index contributed by atoms with van der Waals surface area (Å²) in [4.78, 5) is 11.8. The summed E-state index contributed by atoms with van der Waals surface area (Å²) in [6.45, 7) is 0. The van der Waals surface area contributed by atoms with Crippen LogP contribution in [0.5, 0.6) is 0 Å². The minimum atomic E-state index is -4.02. The lowest BCUT2D eigenvalue weighted by Gasteiger charge is -2.09. The van der Waals surface area contributed by atoms with Crippen LogP contribution in [0, 0.1) is 11.6 Å². The number of hydrogen-bond donors (Lipinski definition) is 1. The van der Waals surface area contributed by atoms with Crippen LogP contribution in [0.2, 0.25) is 0 Å². The summed E-state index contributed by atoms with van der Waals surface area (Å²) >= 11 is 0. The van der Waals surface area contributed by atoms with Gasteiger partial charge in [0.1, 0.15) is 0 Å². The van der Waals surface area contributed by atoms with Gasteiger partial charge in [-0.3, -0.25) is 13.9 Å². The molecule has 0 aliphatic rings. The Labute approximate surface area is 136 Å². The molecule has 0 bridgehead atoms. The van der Waals surface area contributed by atoms with Crippen LogP contribution in [0.1, 0.15) is 0 Å². The lowest BCUT2D eigenvalue weighted by Crippen LogP contribution is -2.19. The van der Waals surface area contributed by atoms with Gasteiger partial charge in [0.15, 0.2) is 11.6 Å². The third-order valence-corrected chi connectivity index (χ3v) is 5.10. The zero-order valence-electron chi connectivity index (χ0n) is 12.7. The number of aryl methyl sites for hydroxylation is 2. The van der Waals surface area contributed by atoms with Crippen LogP contribution in [-0.2, 0) is 24.1 Å². The molecule has 0 saturated carbocycles. The number of hydrogen-bond acceptors (Lipinski definition) is 3. The van der Waals surface area contributed by atoms with E-state index < -0.39 is 21.7 Å². The van der Waals surface area contributed by atoms with E-state index in [1.54, 1.807) is 7.05 Å². The highest BCUT2D eigenvalue weighted by atomic mass is 32.2. The molecule has 1 N–H and O–H groups in total. The summed E-state index contributed by atoms with van der Waals surface area (Å²) in [6.07, 6.45) is 0. The van der Waals surface area contributed by atoms with E-state index in [2.05, 4.69) is 4.72 Å². The average Bonchev–Trinajstić information content (AvgIpc) is 2.75. The third kappa shape index (κ3) is 2.56. The fraction of sp³-hybridized carbons (Fsp3) is 0.133. The number of fused-ring (bicyclic) bond motifs is 1. The van der Waals surface area contributed by atoms with Gasteiger partial charge < -0.3 is 0 Å². The zero-order valence-corrected chi connectivity index (χ0v) is 13.6. The normalized spacial score (nSPS) is 11.8. The molecule has 3 aromatic rings. The molecule has 3 rings (SSSR count). The fourth-order valence-electron chi connectivity index (χ4n) is 2.43. The van der Waals surface area contributed by atoms with E-state index in [4.69, 9.17) is 0 Å². The van der Waals surface area contributed by atoms with Gasteiger partial charge in [-0.1, -0.05) is 0 Å². The first-order valence-corrected chi connectivity index (χ1v) is 8.32. The predicted octanol–water partition coefficient (Wildman–Crippen LogP) is 1.96. The highest BCUT2D eigenvalue weighted by Gasteiger charge is 2.18. The van der Waals surface area contributed by atoms with E-state index in [1.165, 1.54) is 34.4 Å². The molecule has 0 aliphatic carbocycles. The van der Waals surface area contributed by atoms with E-state index in [0.29, 0.717) is 11.0 Å². The van der Waals surface area contributed by atoms with Crippen molar-refractivity contribution < 1.29 is 17.2 Å². The number of sulfonamides is 1. The predicted molar refractivity (Wildman–Crippen MR) is 85.3 cm³/mol. The van der Waals surface area contributed by atoms with E-state index in [9.17, 15) is 22.0 Å². The van der Waals surface area contributed by atoms with Crippen molar-refractivity contribution in [2.45, 2.75) is 4.90 Å². The zero-order chi connectivity index (χ0) is 17.6. The highest BCUT2D eigenvalue weighted by molar-refractivity contribution is 7.92. The molecule has 0 radical (unpaired) electrons. The third-order valence-electron chi connectivity index (χ3n) is 3.73. The molecule has 0 aliphatic heterocycles. The number of imidazole rings is 1. The minimum Gasteiger partial charge on any atom is -0.295 e. The number of rotatable bonds is 3. The van der Waals surface area contributed by atoms with Crippen molar-refractivity contribution in [2.24, 2.45) is 14.1 Å². The first-order valence-electron chi connectivity index (χ1n) is 6.84. The maximum atomic E-state index is 13.2. The Balaban J connectivity index is 2.06. The molecule has 0 unspecified atom stereocenters. The van der Waals surface area contributed by atoms with Gasteiger partial charge >= 0.3 is 5.69 Å². The number of anilines is 1. The molecule has 24 heavy (non-hydrogen) atoms. The monoisotopic (exact) mass is 353 g/mol. The van der Waals surface area contributed by atoms with Crippen molar-refractivity contribution in [3.05, 3.63) is 58.5 Å². The summed E-state index contributed by atoms with van der Waals surface area (Å²) in [7, 11) is -0.905. The van der Waals surface area contributed by atoms with Crippen LogP contribution in [0.4, 0.5) is 14.5 Å². The van der Waals surface area contributed by atoms with Gasteiger partial charge in [0.25, 0.3) is 10.0 Å². The summed E-state index contributed by atoms with van der Waals surface area (Å²) in [6, 6.07) is 6.90. The Morgan fingerprint density at radius 1 is 0.917 bits per heavy atom. The number of nitrogens with one attached hydrogen (secondary N) is 1. The molecule has 9 heteroatoms. The van der Waals surface area contributed by atoms with Crippen molar-refractivity contribution in [3.8, 4) is 0 Å². The standard InChI is InChI=1S/C15H13F2N3O3S/c1-19-13-6-4-10(8-14(13)20(2)15(19)21)24(22,23)18-9-3-5-11(16)12(17)7-9/h3-8,18H,1-2H3. The first-order chi connectivity index (χ1) is 11.2. The second-order valence-corrected chi connectivity index (χ2v) is 6.97. The molecule has 0 fully saturated rings. The second-order valence-electron chi connectivity index (χ2n) is 5.29. The Bertz CT molecular complexity index is 1120. The summed E-state index contributed by atoms with van der Waals surface area (Å²) in [5.74, 6) is -2.23. The Morgan fingerprint density at radius 2 is 1.58 bits per heavy atom. The number of benzene rings is 2. The quantitative estimate of drug-likeness (QED) is 0.782. The molecule has 1 aromatic heterocycles. The van der Waals surface area contributed by atoms with Gasteiger partial charge in [0, 0.05) is 20.2 Å². The highest BCUT2D eigenvalue weighted by Crippen LogP contribution is 2.21. The van der Waals surface area contributed by atoms with Crippen molar-refractivity contribution in [2.75, 3.05) is 4.72 Å². The maximum Gasteiger partial charge on any atom is 0.328 e. The Kier molecular flexibility index (Phi) is 3.67. The molecule has 126 valence electrons. The van der Waals surface area contributed by atoms with E-state index >= 15 is 0 Å². The number of aromatic nitrogens is 2. The van der Waals surface area contributed by atoms with Crippen LogP contribution in [0.3, 0.4) is 0 Å². The lowest BCUT2D eigenvalue weighted by molar-refractivity contribution is 0.509.